The van der Waals surface area contributed by atoms with E-state index in [1.165, 1.54) is 0 Å². The van der Waals surface area contributed by atoms with Crippen LogP contribution in [0.5, 0.6) is 5.75 Å². The van der Waals surface area contributed by atoms with E-state index in [0.29, 0.717) is 11.7 Å². The van der Waals surface area contributed by atoms with Crippen LogP contribution in [0.25, 0.3) is 10.2 Å². The zero-order valence-corrected chi connectivity index (χ0v) is 9.14. The maximum absolute atomic E-state index is 9.31. The topological polar surface area (TPSA) is 33.1 Å². The minimum atomic E-state index is 0.317. The molecule has 0 spiro atoms. The smallest absolute Gasteiger partial charge is 0.117 e. The molecule has 2 nitrogen and oxygen atoms in total. The molecule has 1 heterocycles. The first kappa shape index (κ1) is 9.46. The van der Waals surface area contributed by atoms with Crippen LogP contribution in [0.3, 0.4) is 0 Å². The summed E-state index contributed by atoms with van der Waals surface area (Å²) >= 11 is 1.67. The highest BCUT2D eigenvalue weighted by Gasteiger charge is 2.09. The van der Waals surface area contributed by atoms with Gasteiger partial charge < -0.3 is 5.11 Å². The fourth-order valence-electron chi connectivity index (χ4n) is 1.32. The van der Waals surface area contributed by atoms with Gasteiger partial charge in [-0.25, -0.2) is 4.98 Å². The molecule has 74 valence electrons. The van der Waals surface area contributed by atoms with Crippen molar-refractivity contribution >= 4 is 21.6 Å². The van der Waals surface area contributed by atoms with E-state index in [4.69, 9.17) is 0 Å². The number of hydrogen-bond donors (Lipinski definition) is 1. The number of nitrogens with zero attached hydrogens (tertiary/aromatic N) is 1. The molecule has 0 bridgehead atoms. The van der Waals surface area contributed by atoms with Crippen molar-refractivity contribution in [2.24, 2.45) is 0 Å². The average molecular weight is 207 g/mol. The number of phenols is 1. The van der Waals surface area contributed by atoms with E-state index in [1.54, 1.807) is 23.5 Å². The second-order valence-electron chi connectivity index (χ2n) is 3.51. The van der Waals surface area contributed by atoms with Crippen LogP contribution in [-0.2, 0) is 0 Å². The quantitative estimate of drug-likeness (QED) is 0.817. The van der Waals surface area contributed by atoms with Gasteiger partial charge in [0.1, 0.15) is 5.75 Å². The molecule has 0 saturated heterocycles. The molecule has 0 fully saturated rings. The SMILES string of the molecule is CCC(C)c1nc2ccc(O)cc2s1. The van der Waals surface area contributed by atoms with E-state index in [2.05, 4.69) is 18.8 Å². The van der Waals surface area contributed by atoms with Crippen LogP contribution in [0.1, 0.15) is 31.2 Å². The van der Waals surface area contributed by atoms with E-state index >= 15 is 0 Å². The van der Waals surface area contributed by atoms with Gasteiger partial charge in [0.15, 0.2) is 0 Å². The summed E-state index contributed by atoms with van der Waals surface area (Å²) in [5.41, 5.74) is 0.989. The molecule has 3 heteroatoms. The van der Waals surface area contributed by atoms with Gasteiger partial charge in [-0.2, -0.15) is 0 Å². The van der Waals surface area contributed by atoms with Crippen molar-refractivity contribution in [2.75, 3.05) is 0 Å². The third kappa shape index (κ3) is 1.60. The van der Waals surface area contributed by atoms with Gasteiger partial charge in [-0.3, -0.25) is 0 Å². The molecule has 0 radical (unpaired) electrons. The van der Waals surface area contributed by atoms with Crippen LogP contribution in [0.2, 0.25) is 0 Å². The van der Waals surface area contributed by atoms with Crippen LogP contribution in [0.4, 0.5) is 0 Å². The maximum Gasteiger partial charge on any atom is 0.117 e. The van der Waals surface area contributed by atoms with Crippen molar-refractivity contribution < 1.29 is 5.11 Å². The van der Waals surface area contributed by atoms with Crippen LogP contribution in [-0.4, -0.2) is 10.1 Å². The van der Waals surface area contributed by atoms with Gasteiger partial charge in [-0.05, 0) is 24.6 Å². The van der Waals surface area contributed by atoms with Crippen molar-refractivity contribution in [3.8, 4) is 5.75 Å². The molecule has 2 rings (SSSR count). The second-order valence-corrected chi connectivity index (χ2v) is 4.58. The van der Waals surface area contributed by atoms with Crippen molar-refractivity contribution in [3.63, 3.8) is 0 Å². The number of rotatable bonds is 2. The van der Waals surface area contributed by atoms with Crippen molar-refractivity contribution in [3.05, 3.63) is 23.2 Å². The highest BCUT2D eigenvalue weighted by Crippen LogP contribution is 2.30. The van der Waals surface area contributed by atoms with Gasteiger partial charge in [0.2, 0.25) is 0 Å². The molecule has 0 aliphatic rings. The Labute approximate surface area is 87.2 Å². The van der Waals surface area contributed by atoms with Gasteiger partial charge in [0.05, 0.1) is 15.2 Å². The van der Waals surface area contributed by atoms with Crippen molar-refractivity contribution in [1.82, 2.24) is 4.98 Å². The molecule has 0 aliphatic carbocycles. The minimum Gasteiger partial charge on any atom is -0.508 e. The summed E-state index contributed by atoms with van der Waals surface area (Å²) in [6, 6.07) is 5.33. The molecule has 1 aromatic carbocycles. The first-order chi connectivity index (χ1) is 6.70. The molecular weight excluding hydrogens is 194 g/mol. The summed E-state index contributed by atoms with van der Waals surface area (Å²) in [5.74, 6) is 0.825. The van der Waals surface area contributed by atoms with Gasteiger partial charge in [-0.15, -0.1) is 11.3 Å². The second kappa shape index (κ2) is 3.58. The monoisotopic (exact) mass is 207 g/mol. The average Bonchev–Trinajstić information content (AvgIpc) is 2.59. The minimum absolute atomic E-state index is 0.317. The number of thiazole rings is 1. The lowest BCUT2D eigenvalue weighted by atomic mass is 10.1. The third-order valence-corrected chi connectivity index (χ3v) is 3.67. The summed E-state index contributed by atoms with van der Waals surface area (Å²) in [7, 11) is 0. The number of aromatic nitrogens is 1. The molecule has 0 saturated carbocycles. The van der Waals surface area contributed by atoms with E-state index in [9.17, 15) is 5.11 Å². The number of phenolic OH excluding ortho intramolecular Hbond substituents is 1. The standard InChI is InChI=1S/C11H13NOS/c1-3-7(2)11-12-9-5-4-8(13)6-10(9)14-11/h4-7,13H,3H2,1-2H3. The lowest BCUT2D eigenvalue weighted by molar-refractivity contribution is 0.476. The Morgan fingerprint density at radius 3 is 3.00 bits per heavy atom. The highest BCUT2D eigenvalue weighted by atomic mass is 32.1. The predicted molar refractivity (Wildman–Crippen MR) is 60.0 cm³/mol. The zero-order valence-electron chi connectivity index (χ0n) is 8.32. The Hall–Kier alpha value is -1.09. The van der Waals surface area contributed by atoms with Crippen molar-refractivity contribution in [1.29, 1.82) is 0 Å². The summed E-state index contributed by atoms with van der Waals surface area (Å²) in [6.45, 7) is 4.34. The number of benzene rings is 1. The lowest BCUT2D eigenvalue weighted by Crippen LogP contribution is -1.88. The Bertz CT molecular complexity index is 449. The van der Waals surface area contributed by atoms with E-state index in [-0.39, 0.29) is 0 Å². The number of fused-ring (bicyclic) bond motifs is 1. The van der Waals surface area contributed by atoms with Crippen LogP contribution < -0.4 is 0 Å². The van der Waals surface area contributed by atoms with Gasteiger partial charge in [0, 0.05) is 5.92 Å². The summed E-state index contributed by atoms with van der Waals surface area (Å²) in [5, 5.41) is 10.5. The highest BCUT2D eigenvalue weighted by molar-refractivity contribution is 7.18. The lowest BCUT2D eigenvalue weighted by Gasteiger charge is -2.00. The summed E-state index contributed by atoms with van der Waals surface area (Å²) in [6.07, 6.45) is 1.10. The molecule has 1 aromatic heterocycles. The largest absolute Gasteiger partial charge is 0.508 e. The van der Waals surface area contributed by atoms with Gasteiger partial charge in [0.25, 0.3) is 0 Å². The fourth-order valence-corrected chi connectivity index (χ4v) is 2.45. The van der Waals surface area contributed by atoms with Gasteiger partial charge >= 0.3 is 0 Å². The van der Waals surface area contributed by atoms with Crippen LogP contribution in [0.15, 0.2) is 18.2 Å². The van der Waals surface area contributed by atoms with Crippen molar-refractivity contribution in [2.45, 2.75) is 26.2 Å². The molecule has 0 aliphatic heterocycles. The Morgan fingerprint density at radius 2 is 2.29 bits per heavy atom. The molecule has 0 amide bonds. The molecular formula is C11H13NOS. The molecule has 1 unspecified atom stereocenters. The first-order valence-electron chi connectivity index (χ1n) is 4.80. The molecule has 14 heavy (non-hydrogen) atoms. The fraction of sp³-hybridized carbons (Fsp3) is 0.364. The zero-order chi connectivity index (χ0) is 10.1. The molecule has 1 N–H and O–H groups in total. The first-order valence-corrected chi connectivity index (χ1v) is 5.61. The Balaban J connectivity index is 2.51. The number of hydrogen-bond acceptors (Lipinski definition) is 3. The Kier molecular flexibility index (Phi) is 2.42. The van der Waals surface area contributed by atoms with E-state index in [1.807, 2.05) is 6.07 Å². The number of aromatic hydroxyl groups is 1. The van der Waals surface area contributed by atoms with Gasteiger partial charge in [-0.1, -0.05) is 13.8 Å². The summed E-state index contributed by atoms with van der Waals surface area (Å²) < 4.78 is 1.07. The Morgan fingerprint density at radius 1 is 1.50 bits per heavy atom. The maximum atomic E-state index is 9.31. The van der Waals surface area contributed by atoms with Crippen LogP contribution in [0, 0.1) is 0 Å². The van der Waals surface area contributed by atoms with Crippen LogP contribution >= 0.6 is 11.3 Å². The predicted octanol–water partition coefficient (Wildman–Crippen LogP) is 3.52. The van der Waals surface area contributed by atoms with E-state index in [0.717, 1.165) is 21.6 Å². The summed E-state index contributed by atoms with van der Waals surface area (Å²) in [4.78, 5) is 4.53. The molecule has 1 atom stereocenters. The normalized spacial score (nSPS) is 13.3. The van der Waals surface area contributed by atoms with E-state index < -0.39 is 0 Å². The molecule has 2 aromatic rings. The third-order valence-electron chi connectivity index (χ3n) is 2.42.